The lowest BCUT2D eigenvalue weighted by atomic mass is 9.77. The number of carboxylic acids is 2. The van der Waals surface area contributed by atoms with Crippen molar-refractivity contribution >= 4 is 17.9 Å². The minimum atomic E-state index is -1.19. The topological polar surface area (TPSA) is 172 Å². The lowest BCUT2D eigenvalue weighted by Crippen LogP contribution is -2.42. The Hall–Kier alpha value is -2.31. The molecule has 0 heterocycles. The summed E-state index contributed by atoms with van der Waals surface area (Å²) in [7, 11) is 0. The maximum atomic E-state index is 12.8. The first-order chi connectivity index (χ1) is 19.2. The van der Waals surface area contributed by atoms with Crippen molar-refractivity contribution < 1.29 is 48.8 Å². The molecule has 12 nitrogen and oxygen atoms in total. The van der Waals surface area contributed by atoms with Gasteiger partial charge in [0.05, 0.1) is 42.7 Å². The maximum absolute atomic E-state index is 12.8. The molecular formula is C28H43NO11. The van der Waals surface area contributed by atoms with Crippen LogP contribution in [0.25, 0.3) is 0 Å². The first-order valence-electron chi connectivity index (χ1n) is 14.9. The second-order valence-corrected chi connectivity index (χ2v) is 12.0. The number of nitrogens with zero attached hydrogens (tertiary/aromatic N) is 1. The largest absolute Gasteiger partial charge is 0.481 e. The van der Waals surface area contributed by atoms with Gasteiger partial charge in [-0.25, -0.2) is 9.78 Å². The summed E-state index contributed by atoms with van der Waals surface area (Å²) in [6.07, 6.45) is 9.76. The van der Waals surface area contributed by atoms with Crippen LogP contribution < -0.4 is 0 Å². The summed E-state index contributed by atoms with van der Waals surface area (Å²) in [5.41, 5.74) is 0. The van der Waals surface area contributed by atoms with Gasteiger partial charge >= 0.3 is 17.9 Å². The molecule has 4 rings (SSSR count). The molecule has 40 heavy (non-hydrogen) atoms. The highest BCUT2D eigenvalue weighted by Crippen LogP contribution is 2.35. The van der Waals surface area contributed by atoms with E-state index in [9.17, 15) is 34.7 Å². The van der Waals surface area contributed by atoms with E-state index in [4.69, 9.17) is 19.2 Å². The van der Waals surface area contributed by atoms with Crippen molar-refractivity contribution in [2.75, 3.05) is 6.61 Å². The quantitative estimate of drug-likeness (QED) is 0.158. The van der Waals surface area contributed by atoms with Crippen LogP contribution in [0.15, 0.2) is 0 Å². The Balaban J connectivity index is 1.11. The van der Waals surface area contributed by atoms with Crippen LogP contribution in [0.1, 0.15) is 96.3 Å². The molecule has 0 amide bonds. The van der Waals surface area contributed by atoms with Crippen molar-refractivity contribution in [3.05, 3.63) is 10.1 Å². The van der Waals surface area contributed by atoms with Crippen molar-refractivity contribution in [1.29, 1.82) is 0 Å². The fourth-order valence-electron chi connectivity index (χ4n) is 6.92. The van der Waals surface area contributed by atoms with Crippen LogP contribution in [0.4, 0.5) is 0 Å². The van der Waals surface area contributed by atoms with Gasteiger partial charge < -0.3 is 19.7 Å². The van der Waals surface area contributed by atoms with Gasteiger partial charge in [0.25, 0.3) is 0 Å². The molecule has 4 fully saturated rings. The Bertz CT molecular complexity index is 881. The van der Waals surface area contributed by atoms with E-state index in [1.54, 1.807) is 0 Å². The summed E-state index contributed by atoms with van der Waals surface area (Å²) < 4.78 is 12.0. The average Bonchev–Trinajstić information content (AvgIpc) is 2.94. The Morgan fingerprint density at radius 1 is 0.700 bits per heavy atom. The minimum Gasteiger partial charge on any atom is -0.481 e. The highest BCUT2D eigenvalue weighted by atomic mass is 17.2. The Labute approximate surface area is 234 Å². The fourth-order valence-corrected chi connectivity index (χ4v) is 6.92. The number of carboxylic acid groups (broad SMARTS) is 2. The SMILES string of the molecule is O=C(O)C1CCCCC1COOC1CCC(OC2CCC(OC(=O)C3CCC([N+](=O)[O-])CC3C(=O)O)CC2)CC1. The fraction of sp³-hybridized carbons (Fsp3) is 0.893. The van der Waals surface area contributed by atoms with Gasteiger partial charge in [-0.2, -0.15) is 0 Å². The van der Waals surface area contributed by atoms with Crippen LogP contribution in [0, 0.1) is 33.8 Å². The predicted octanol–water partition coefficient (Wildman–Crippen LogP) is 4.15. The molecule has 0 saturated heterocycles. The van der Waals surface area contributed by atoms with Crippen LogP contribution in [0.3, 0.4) is 0 Å². The molecule has 0 bridgehead atoms. The van der Waals surface area contributed by atoms with E-state index in [1.807, 2.05) is 0 Å². The lowest BCUT2D eigenvalue weighted by Gasteiger charge is -2.35. The van der Waals surface area contributed by atoms with Gasteiger partial charge in [-0.3, -0.25) is 24.5 Å². The highest BCUT2D eigenvalue weighted by Gasteiger charge is 2.45. The molecule has 4 aliphatic carbocycles. The van der Waals surface area contributed by atoms with Gasteiger partial charge in [-0.05, 0) is 76.5 Å². The summed E-state index contributed by atoms with van der Waals surface area (Å²) in [5.74, 6) is -4.77. The standard InChI is InChI=1S/C28H43NO11/c30-26(31)23-4-2-1-3-17(23)16-37-40-22-12-10-20(11-13-22)38-19-6-8-21(9-7-19)39-28(34)24-14-5-18(29(35)36)15-25(24)27(32)33/h17-25H,1-16H2,(H,30,31)(H,32,33). The molecule has 5 atom stereocenters. The van der Waals surface area contributed by atoms with Crippen LogP contribution in [-0.2, 0) is 33.6 Å². The monoisotopic (exact) mass is 569 g/mol. The van der Waals surface area contributed by atoms with E-state index in [0.29, 0.717) is 25.9 Å². The molecule has 2 N–H and O–H groups in total. The zero-order valence-electron chi connectivity index (χ0n) is 23.0. The number of aliphatic carboxylic acids is 2. The molecule has 4 saturated carbocycles. The zero-order chi connectivity index (χ0) is 28.6. The van der Waals surface area contributed by atoms with Gasteiger partial charge in [-0.1, -0.05) is 12.8 Å². The Kier molecular flexibility index (Phi) is 11.1. The number of carbonyl (C=O) groups is 3. The number of hydrogen-bond acceptors (Lipinski definition) is 9. The second-order valence-electron chi connectivity index (χ2n) is 12.0. The number of carbonyl (C=O) groups excluding carboxylic acids is 1. The van der Waals surface area contributed by atoms with Crippen molar-refractivity contribution in [3.63, 3.8) is 0 Å². The smallest absolute Gasteiger partial charge is 0.310 e. The summed E-state index contributed by atoms with van der Waals surface area (Å²) in [5, 5.41) is 30.0. The number of esters is 1. The zero-order valence-corrected chi connectivity index (χ0v) is 23.0. The maximum Gasteiger partial charge on any atom is 0.310 e. The second kappa shape index (κ2) is 14.5. The average molecular weight is 570 g/mol. The lowest BCUT2D eigenvalue weighted by molar-refractivity contribution is -0.528. The highest BCUT2D eigenvalue weighted by molar-refractivity contribution is 5.81. The molecule has 0 aromatic heterocycles. The van der Waals surface area contributed by atoms with E-state index in [2.05, 4.69) is 0 Å². The van der Waals surface area contributed by atoms with E-state index < -0.39 is 40.7 Å². The summed E-state index contributed by atoms with van der Waals surface area (Å²) in [6.45, 7) is 0.318. The third-order valence-electron chi connectivity index (χ3n) is 9.36. The van der Waals surface area contributed by atoms with Crippen LogP contribution in [0.5, 0.6) is 0 Å². The molecule has 0 aromatic carbocycles. The van der Waals surface area contributed by atoms with E-state index in [-0.39, 0.29) is 55.5 Å². The first-order valence-corrected chi connectivity index (χ1v) is 14.9. The van der Waals surface area contributed by atoms with Crippen molar-refractivity contribution in [1.82, 2.24) is 0 Å². The molecule has 0 aliphatic heterocycles. The molecule has 226 valence electrons. The summed E-state index contributed by atoms with van der Waals surface area (Å²) in [6, 6.07) is -0.931. The number of ether oxygens (including phenoxy) is 2. The van der Waals surface area contributed by atoms with Crippen LogP contribution >= 0.6 is 0 Å². The normalized spacial score (nSPS) is 36.9. The molecule has 0 radical (unpaired) electrons. The summed E-state index contributed by atoms with van der Waals surface area (Å²) in [4.78, 5) is 57.6. The van der Waals surface area contributed by atoms with Crippen molar-refractivity contribution in [2.24, 2.45) is 23.7 Å². The molecule has 4 aliphatic rings. The third kappa shape index (κ3) is 8.36. The van der Waals surface area contributed by atoms with Crippen molar-refractivity contribution in [2.45, 2.75) is 127 Å². The molecule has 0 spiro atoms. The molecular weight excluding hydrogens is 526 g/mol. The summed E-state index contributed by atoms with van der Waals surface area (Å²) >= 11 is 0. The molecule has 5 unspecified atom stereocenters. The number of nitro groups is 1. The van der Waals surface area contributed by atoms with Gasteiger partial charge in [0.1, 0.15) is 6.10 Å². The van der Waals surface area contributed by atoms with Gasteiger partial charge in [-0.15, -0.1) is 0 Å². The van der Waals surface area contributed by atoms with E-state index in [0.717, 1.165) is 57.8 Å². The van der Waals surface area contributed by atoms with E-state index >= 15 is 0 Å². The third-order valence-corrected chi connectivity index (χ3v) is 9.36. The Morgan fingerprint density at radius 2 is 1.27 bits per heavy atom. The van der Waals surface area contributed by atoms with Gasteiger partial charge in [0.2, 0.25) is 6.04 Å². The van der Waals surface area contributed by atoms with Gasteiger partial charge in [0, 0.05) is 17.8 Å². The van der Waals surface area contributed by atoms with Gasteiger partial charge in [0.15, 0.2) is 0 Å². The molecule has 12 heteroatoms. The van der Waals surface area contributed by atoms with Crippen LogP contribution in [-0.4, -0.2) is 70.1 Å². The first kappa shape index (κ1) is 30.6. The predicted molar refractivity (Wildman–Crippen MR) is 139 cm³/mol. The minimum absolute atomic E-state index is 0.00234. The van der Waals surface area contributed by atoms with Crippen LogP contribution in [0.2, 0.25) is 0 Å². The number of rotatable bonds is 11. The van der Waals surface area contributed by atoms with E-state index in [1.165, 1.54) is 0 Å². The number of hydrogen-bond donors (Lipinski definition) is 2. The molecule has 0 aromatic rings. The Morgan fingerprint density at radius 3 is 1.88 bits per heavy atom. The van der Waals surface area contributed by atoms with Crippen molar-refractivity contribution in [3.8, 4) is 0 Å².